The van der Waals surface area contributed by atoms with Crippen molar-refractivity contribution >= 4 is 41.5 Å². The number of nitrogens with zero attached hydrogens (tertiary/aromatic N) is 1. The van der Waals surface area contributed by atoms with Crippen molar-refractivity contribution in [1.82, 2.24) is 4.90 Å². The number of rotatable bonds is 4. The third-order valence-corrected chi connectivity index (χ3v) is 5.22. The molecule has 1 aromatic rings. The highest BCUT2D eigenvalue weighted by molar-refractivity contribution is 6.33. The number of halogens is 3. The van der Waals surface area contributed by atoms with Crippen LogP contribution in [0.4, 0.5) is 0 Å². The van der Waals surface area contributed by atoms with E-state index in [4.69, 9.17) is 28.9 Å². The third-order valence-electron chi connectivity index (χ3n) is 4.62. The molecule has 0 aliphatic carbocycles. The number of hydrogen-bond donors (Lipinski definition) is 1. The second-order valence-electron chi connectivity index (χ2n) is 6.36. The first kappa shape index (κ1) is 20.6. The topological polar surface area (TPSA) is 46.3 Å². The number of hydrogen-bond acceptors (Lipinski definition) is 2. The lowest BCUT2D eigenvalue weighted by Crippen LogP contribution is -2.45. The Kier molecular flexibility index (Phi) is 8.15. The summed E-state index contributed by atoms with van der Waals surface area (Å²) in [5.41, 5.74) is 6.93. The summed E-state index contributed by atoms with van der Waals surface area (Å²) < 4.78 is 0. The average molecular weight is 380 g/mol. The zero-order valence-electron chi connectivity index (χ0n) is 13.6. The minimum atomic E-state index is -0.112. The minimum absolute atomic E-state index is 0. The Labute approximate surface area is 154 Å². The lowest BCUT2D eigenvalue weighted by molar-refractivity contribution is -0.136. The Hall–Kier alpha value is -0.480. The van der Waals surface area contributed by atoms with Crippen LogP contribution in [0.3, 0.4) is 0 Å². The molecule has 0 aromatic heterocycles. The van der Waals surface area contributed by atoms with Gasteiger partial charge in [0.1, 0.15) is 0 Å². The Bertz CT molecular complexity index is 529. The van der Waals surface area contributed by atoms with Crippen LogP contribution in [0.15, 0.2) is 18.2 Å². The molecule has 2 unspecified atom stereocenters. The third kappa shape index (κ3) is 5.53. The number of carbonyl (C=O) groups excluding carboxylic acids is 1. The molecule has 2 atom stereocenters. The Morgan fingerprint density at radius 1 is 1.30 bits per heavy atom. The maximum absolute atomic E-state index is 12.3. The highest BCUT2D eigenvalue weighted by atomic mass is 35.5. The van der Waals surface area contributed by atoms with Crippen LogP contribution in [0.1, 0.15) is 32.3 Å². The summed E-state index contributed by atoms with van der Waals surface area (Å²) in [5.74, 6) is 0.610. The van der Waals surface area contributed by atoms with Crippen molar-refractivity contribution in [2.45, 2.75) is 39.2 Å². The highest BCUT2D eigenvalue weighted by Crippen LogP contribution is 2.28. The number of benzene rings is 1. The van der Waals surface area contributed by atoms with Crippen molar-refractivity contribution < 1.29 is 4.79 Å². The van der Waals surface area contributed by atoms with Crippen molar-refractivity contribution in [1.29, 1.82) is 0 Å². The van der Waals surface area contributed by atoms with Crippen molar-refractivity contribution in [2.24, 2.45) is 17.6 Å². The Morgan fingerprint density at radius 2 is 1.91 bits per heavy atom. The second-order valence-corrected chi connectivity index (χ2v) is 7.20. The summed E-state index contributed by atoms with van der Waals surface area (Å²) in [6.45, 7) is 5.40. The predicted molar refractivity (Wildman–Crippen MR) is 99.5 cm³/mol. The fourth-order valence-electron chi connectivity index (χ4n) is 2.88. The number of nitrogens with two attached hydrogens (primary N) is 1. The predicted octanol–water partition coefficient (Wildman–Crippen LogP) is 4.18. The molecular weight excluding hydrogens is 355 g/mol. The zero-order valence-corrected chi connectivity index (χ0v) is 15.9. The van der Waals surface area contributed by atoms with Crippen LogP contribution in [0.5, 0.6) is 0 Å². The van der Waals surface area contributed by atoms with Crippen molar-refractivity contribution in [3.8, 4) is 0 Å². The van der Waals surface area contributed by atoms with E-state index in [1.54, 1.807) is 0 Å². The van der Waals surface area contributed by atoms with E-state index in [0.717, 1.165) is 48.0 Å². The first-order chi connectivity index (χ1) is 10.4. The summed E-state index contributed by atoms with van der Waals surface area (Å²) in [6.07, 6.45) is 2.92. The molecule has 1 amide bonds. The molecule has 1 aromatic carbocycles. The summed E-state index contributed by atoms with van der Waals surface area (Å²) in [4.78, 5) is 14.3. The zero-order chi connectivity index (χ0) is 16.3. The summed E-state index contributed by atoms with van der Waals surface area (Å²) in [6, 6.07) is 5.50. The average Bonchev–Trinajstić information content (AvgIpc) is 2.50. The lowest BCUT2D eigenvalue weighted by Gasteiger charge is -2.34. The molecule has 1 aliphatic rings. The molecular formula is C17H25Cl3N2O. The van der Waals surface area contributed by atoms with E-state index < -0.39 is 0 Å². The molecule has 2 rings (SSSR count). The quantitative estimate of drug-likeness (QED) is 0.853. The molecule has 0 saturated carbocycles. The van der Waals surface area contributed by atoms with Crippen LogP contribution in [-0.2, 0) is 11.2 Å². The lowest BCUT2D eigenvalue weighted by atomic mass is 9.89. The number of carbonyl (C=O) groups is 1. The standard InChI is InChI=1S/C17H24Cl2N2O.ClH/c1-11(12(2)20)17(22)21-7-5-13(6-8-21)9-14-10-15(18)3-4-16(14)19;/h3-4,10-13H,5-9,20H2,1-2H3;1H. The van der Waals surface area contributed by atoms with Gasteiger partial charge in [-0.25, -0.2) is 0 Å². The normalized spacial score (nSPS) is 18.2. The maximum Gasteiger partial charge on any atom is 0.226 e. The van der Waals surface area contributed by atoms with Gasteiger partial charge in [0.05, 0.1) is 5.92 Å². The van der Waals surface area contributed by atoms with Gasteiger partial charge in [-0.3, -0.25) is 4.79 Å². The smallest absolute Gasteiger partial charge is 0.226 e. The van der Waals surface area contributed by atoms with Crippen LogP contribution in [0, 0.1) is 11.8 Å². The molecule has 23 heavy (non-hydrogen) atoms. The number of likely N-dealkylation sites (tertiary alicyclic amines) is 1. The maximum atomic E-state index is 12.3. The molecule has 1 aliphatic heterocycles. The minimum Gasteiger partial charge on any atom is -0.342 e. The summed E-state index contributed by atoms with van der Waals surface area (Å²) >= 11 is 12.3. The van der Waals surface area contributed by atoms with Gasteiger partial charge < -0.3 is 10.6 Å². The summed E-state index contributed by atoms with van der Waals surface area (Å²) in [5, 5.41) is 1.49. The Balaban J connectivity index is 0.00000264. The van der Waals surface area contributed by atoms with Crippen LogP contribution in [0.25, 0.3) is 0 Å². The molecule has 3 nitrogen and oxygen atoms in total. The van der Waals surface area contributed by atoms with E-state index in [0.29, 0.717) is 5.92 Å². The highest BCUT2D eigenvalue weighted by Gasteiger charge is 2.27. The van der Waals surface area contributed by atoms with Crippen molar-refractivity contribution in [3.63, 3.8) is 0 Å². The molecule has 2 N–H and O–H groups in total. The van der Waals surface area contributed by atoms with Gasteiger partial charge in [-0.1, -0.05) is 30.1 Å². The van der Waals surface area contributed by atoms with Gasteiger partial charge in [-0.2, -0.15) is 0 Å². The molecule has 0 bridgehead atoms. The SMILES string of the molecule is CC(N)C(C)C(=O)N1CCC(Cc2cc(Cl)ccc2Cl)CC1.Cl. The Morgan fingerprint density at radius 3 is 2.48 bits per heavy atom. The van der Waals surface area contributed by atoms with E-state index in [9.17, 15) is 4.79 Å². The van der Waals surface area contributed by atoms with E-state index in [1.807, 2.05) is 36.9 Å². The van der Waals surface area contributed by atoms with E-state index in [-0.39, 0.29) is 30.3 Å². The van der Waals surface area contributed by atoms with Gasteiger partial charge in [0.25, 0.3) is 0 Å². The fourth-order valence-corrected chi connectivity index (χ4v) is 3.27. The van der Waals surface area contributed by atoms with E-state index >= 15 is 0 Å². The van der Waals surface area contributed by atoms with Gasteiger partial charge >= 0.3 is 0 Å². The van der Waals surface area contributed by atoms with Crippen molar-refractivity contribution in [2.75, 3.05) is 13.1 Å². The number of amides is 1. The van der Waals surface area contributed by atoms with Crippen LogP contribution >= 0.6 is 35.6 Å². The van der Waals surface area contributed by atoms with Crippen LogP contribution < -0.4 is 5.73 Å². The first-order valence-corrected chi connectivity index (χ1v) is 8.62. The second kappa shape index (κ2) is 9.12. The van der Waals surface area contributed by atoms with E-state index in [1.165, 1.54) is 0 Å². The summed E-state index contributed by atoms with van der Waals surface area (Å²) in [7, 11) is 0. The molecule has 0 spiro atoms. The molecule has 130 valence electrons. The van der Waals surface area contributed by atoms with Crippen LogP contribution in [-0.4, -0.2) is 29.9 Å². The molecule has 1 fully saturated rings. The van der Waals surface area contributed by atoms with Gasteiger partial charge in [0.15, 0.2) is 0 Å². The molecule has 1 heterocycles. The van der Waals surface area contributed by atoms with Gasteiger partial charge in [-0.05, 0) is 55.9 Å². The molecule has 0 radical (unpaired) electrons. The first-order valence-electron chi connectivity index (χ1n) is 7.86. The largest absolute Gasteiger partial charge is 0.342 e. The van der Waals surface area contributed by atoms with Crippen molar-refractivity contribution in [3.05, 3.63) is 33.8 Å². The van der Waals surface area contributed by atoms with E-state index in [2.05, 4.69) is 0 Å². The fraction of sp³-hybridized carbons (Fsp3) is 0.588. The molecule has 6 heteroatoms. The van der Waals surface area contributed by atoms with Crippen LogP contribution in [0.2, 0.25) is 10.0 Å². The number of piperidine rings is 1. The molecule has 1 saturated heterocycles. The monoisotopic (exact) mass is 378 g/mol. The van der Waals surface area contributed by atoms with Gasteiger partial charge in [0, 0.05) is 29.2 Å². The van der Waals surface area contributed by atoms with Gasteiger partial charge in [-0.15, -0.1) is 12.4 Å². The van der Waals surface area contributed by atoms with Gasteiger partial charge in [0.2, 0.25) is 5.91 Å².